The third-order valence-corrected chi connectivity index (χ3v) is 6.95. The molecule has 12 heteroatoms. The zero-order valence-electron chi connectivity index (χ0n) is 13.6. The van der Waals surface area contributed by atoms with E-state index < -0.39 is 10.0 Å². The molecule has 1 heterocycles. The van der Waals surface area contributed by atoms with Crippen LogP contribution in [0.1, 0.15) is 5.56 Å². The van der Waals surface area contributed by atoms with Crippen LogP contribution in [0.2, 0.25) is 30.1 Å². The number of nitrogens with one attached hydrogen (secondary N) is 1. The molecule has 2 aromatic carbocycles. The number of hydrogen-bond donors (Lipinski definition) is 1. The average molecular weight is 520 g/mol. The van der Waals surface area contributed by atoms with E-state index >= 15 is 0 Å². The van der Waals surface area contributed by atoms with E-state index in [1.165, 1.54) is 16.9 Å². The van der Waals surface area contributed by atoms with Crippen LogP contribution in [0.4, 0.5) is 5.82 Å². The lowest BCUT2D eigenvalue weighted by atomic mass is 10.2. The Bertz CT molecular complexity index is 1160. The van der Waals surface area contributed by atoms with E-state index in [0.29, 0.717) is 10.0 Å². The van der Waals surface area contributed by atoms with Gasteiger partial charge in [0.1, 0.15) is 9.92 Å². The Hall–Kier alpha value is -0.860. The number of benzene rings is 2. The van der Waals surface area contributed by atoms with Gasteiger partial charge in [0.15, 0.2) is 5.82 Å². The minimum atomic E-state index is -4.11. The molecule has 28 heavy (non-hydrogen) atoms. The fourth-order valence-electron chi connectivity index (χ4n) is 2.26. The lowest BCUT2D eigenvalue weighted by Gasteiger charge is -2.09. The highest BCUT2D eigenvalue weighted by atomic mass is 35.5. The number of nitrogens with zero attached hydrogens (tertiary/aromatic N) is 2. The molecule has 0 fully saturated rings. The highest BCUT2D eigenvalue weighted by molar-refractivity contribution is 7.92. The van der Waals surface area contributed by atoms with Gasteiger partial charge in [-0.15, -0.1) is 0 Å². The molecular weight excluding hydrogens is 511 g/mol. The van der Waals surface area contributed by atoms with Gasteiger partial charge in [0, 0.05) is 16.2 Å². The summed E-state index contributed by atoms with van der Waals surface area (Å²) in [6.45, 7) is 0.255. The van der Waals surface area contributed by atoms with Gasteiger partial charge in [-0.1, -0.05) is 75.7 Å². The van der Waals surface area contributed by atoms with E-state index in [9.17, 15) is 8.42 Å². The Morgan fingerprint density at radius 2 is 1.54 bits per heavy atom. The first kappa shape index (κ1) is 21.8. The van der Waals surface area contributed by atoms with Crippen molar-refractivity contribution in [1.82, 2.24) is 9.78 Å². The van der Waals surface area contributed by atoms with E-state index in [-0.39, 0.29) is 37.3 Å². The maximum absolute atomic E-state index is 12.7. The fraction of sp³-hybridized carbons (Fsp3) is 0.0625. The molecule has 0 saturated carbocycles. The minimum absolute atomic E-state index is 0.0421. The smallest absolute Gasteiger partial charge is 0.264 e. The molecule has 0 aliphatic heterocycles. The van der Waals surface area contributed by atoms with E-state index in [4.69, 9.17) is 69.6 Å². The molecule has 0 unspecified atom stereocenters. The summed E-state index contributed by atoms with van der Waals surface area (Å²) in [7, 11) is -4.11. The number of sulfonamides is 1. The van der Waals surface area contributed by atoms with Crippen molar-refractivity contribution in [3.8, 4) is 0 Å². The van der Waals surface area contributed by atoms with Crippen LogP contribution in [0.25, 0.3) is 0 Å². The maximum Gasteiger partial charge on any atom is 0.264 e. The minimum Gasteiger partial charge on any atom is -0.265 e. The predicted octanol–water partition coefficient (Wildman–Crippen LogP) is 6.65. The van der Waals surface area contributed by atoms with Gasteiger partial charge in [0.05, 0.1) is 21.6 Å². The summed E-state index contributed by atoms with van der Waals surface area (Å²) in [5.74, 6) is -0.0751. The van der Waals surface area contributed by atoms with Gasteiger partial charge in [-0.2, -0.15) is 5.10 Å². The van der Waals surface area contributed by atoms with Crippen LogP contribution in [-0.4, -0.2) is 18.2 Å². The first-order valence-electron chi connectivity index (χ1n) is 7.41. The van der Waals surface area contributed by atoms with Crippen LogP contribution in [-0.2, 0) is 16.6 Å². The van der Waals surface area contributed by atoms with Crippen molar-refractivity contribution in [1.29, 1.82) is 0 Å². The van der Waals surface area contributed by atoms with Gasteiger partial charge in [0.25, 0.3) is 10.0 Å². The molecule has 1 N–H and O–H groups in total. The molecule has 148 valence electrons. The Morgan fingerprint density at radius 3 is 2.21 bits per heavy atom. The van der Waals surface area contributed by atoms with Crippen LogP contribution >= 0.6 is 69.6 Å². The van der Waals surface area contributed by atoms with Crippen LogP contribution in [0.3, 0.4) is 0 Å². The second-order valence-electron chi connectivity index (χ2n) is 5.56. The Labute approximate surface area is 191 Å². The summed E-state index contributed by atoms with van der Waals surface area (Å²) in [6, 6.07) is 7.40. The molecule has 5 nitrogen and oxygen atoms in total. The Balaban J connectivity index is 1.88. The van der Waals surface area contributed by atoms with Crippen LogP contribution in [0, 0.1) is 0 Å². The average Bonchev–Trinajstić information content (AvgIpc) is 2.92. The molecule has 0 spiro atoms. The summed E-state index contributed by atoms with van der Waals surface area (Å²) in [5, 5.41) is 5.27. The molecule has 1 aromatic heterocycles. The van der Waals surface area contributed by atoms with Crippen LogP contribution < -0.4 is 4.72 Å². The third-order valence-electron chi connectivity index (χ3n) is 3.56. The Kier molecular flexibility index (Phi) is 6.61. The monoisotopic (exact) mass is 517 g/mol. The first-order valence-corrected chi connectivity index (χ1v) is 11.2. The van der Waals surface area contributed by atoms with E-state index in [1.54, 1.807) is 18.2 Å². The third kappa shape index (κ3) is 4.82. The van der Waals surface area contributed by atoms with Crippen LogP contribution in [0.15, 0.2) is 41.4 Å². The molecule has 0 atom stereocenters. The van der Waals surface area contributed by atoms with Crippen molar-refractivity contribution in [2.45, 2.75) is 11.4 Å². The highest BCUT2D eigenvalue weighted by Gasteiger charge is 2.23. The van der Waals surface area contributed by atoms with Crippen molar-refractivity contribution in [2.24, 2.45) is 0 Å². The first-order chi connectivity index (χ1) is 13.1. The van der Waals surface area contributed by atoms with Gasteiger partial charge in [-0.05, 0) is 29.8 Å². The molecule has 3 rings (SSSR count). The van der Waals surface area contributed by atoms with Gasteiger partial charge >= 0.3 is 0 Å². The quantitative estimate of drug-likeness (QED) is 0.384. The van der Waals surface area contributed by atoms with Crippen molar-refractivity contribution in [3.63, 3.8) is 0 Å². The number of aromatic nitrogens is 2. The molecule has 0 bridgehead atoms. The van der Waals surface area contributed by atoms with E-state index in [1.807, 2.05) is 0 Å². The van der Waals surface area contributed by atoms with Crippen molar-refractivity contribution < 1.29 is 8.42 Å². The summed E-state index contributed by atoms with van der Waals surface area (Å²) >= 11 is 35.9. The standard InChI is InChI=1S/C16H9Cl6N3O2S/c17-9-2-1-8(10(18)3-9)6-25-7-14(22)16(23-25)24-28(26,27)15-5-12(20)11(19)4-13(15)21/h1-5,7H,6H2,(H,23,24). The largest absolute Gasteiger partial charge is 0.265 e. The second-order valence-corrected chi connectivity index (χ2v) is 9.68. The molecule has 0 radical (unpaired) electrons. The van der Waals surface area contributed by atoms with Crippen molar-refractivity contribution in [3.05, 3.63) is 72.2 Å². The summed E-state index contributed by atoms with van der Waals surface area (Å²) in [6.07, 6.45) is 1.46. The lowest BCUT2D eigenvalue weighted by Crippen LogP contribution is -2.14. The number of halogens is 6. The SMILES string of the molecule is O=S(=O)(Nc1nn(Cc2ccc(Cl)cc2Cl)cc1Cl)c1cc(Cl)c(Cl)cc1Cl. The molecule has 0 amide bonds. The van der Waals surface area contributed by atoms with Crippen molar-refractivity contribution in [2.75, 3.05) is 4.72 Å². The Morgan fingerprint density at radius 1 is 0.857 bits per heavy atom. The van der Waals surface area contributed by atoms with Gasteiger partial charge in [-0.3, -0.25) is 9.40 Å². The molecular formula is C16H9Cl6N3O2S. The number of anilines is 1. The molecule has 3 aromatic rings. The predicted molar refractivity (Wildman–Crippen MR) is 115 cm³/mol. The fourth-order valence-corrected chi connectivity index (χ4v) is 5.01. The molecule has 0 aliphatic carbocycles. The van der Waals surface area contributed by atoms with E-state index in [2.05, 4.69) is 9.82 Å². The molecule has 0 saturated heterocycles. The van der Waals surface area contributed by atoms with Crippen LogP contribution in [0.5, 0.6) is 0 Å². The lowest BCUT2D eigenvalue weighted by molar-refractivity contribution is 0.600. The van der Waals surface area contributed by atoms with E-state index in [0.717, 1.165) is 11.6 Å². The molecule has 0 aliphatic rings. The number of rotatable bonds is 5. The number of hydrogen-bond acceptors (Lipinski definition) is 3. The second kappa shape index (κ2) is 8.48. The van der Waals surface area contributed by atoms with Crippen molar-refractivity contribution >= 4 is 85.4 Å². The summed E-state index contributed by atoms with van der Waals surface area (Å²) < 4.78 is 29.0. The summed E-state index contributed by atoms with van der Waals surface area (Å²) in [5.41, 5.74) is 0.729. The topological polar surface area (TPSA) is 64.0 Å². The van der Waals surface area contributed by atoms with Gasteiger partial charge in [0.2, 0.25) is 0 Å². The highest BCUT2D eigenvalue weighted by Crippen LogP contribution is 2.33. The normalized spacial score (nSPS) is 11.6. The van der Waals surface area contributed by atoms with Gasteiger partial charge < -0.3 is 0 Å². The zero-order chi connectivity index (χ0) is 20.6. The zero-order valence-corrected chi connectivity index (χ0v) is 18.9. The maximum atomic E-state index is 12.7. The van der Waals surface area contributed by atoms with Gasteiger partial charge in [-0.25, -0.2) is 8.42 Å². The summed E-state index contributed by atoms with van der Waals surface area (Å²) in [4.78, 5) is -0.255.